The third-order valence-electron chi connectivity index (χ3n) is 2.44. The summed E-state index contributed by atoms with van der Waals surface area (Å²) in [5.74, 6) is -1.45. The number of nitrogens with zero attached hydrogens (tertiary/aromatic N) is 1. The monoisotopic (exact) mass is 332 g/mol. The van der Waals surface area contributed by atoms with E-state index >= 15 is 0 Å². The molecule has 7 heteroatoms. The average Bonchev–Trinajstić information content (AvgIpc) is 2.34. The van der Waals surface area contributed by atoms with Crippen LogP contribution in [0.2, 0.25) is 0 Å². The Morgan fingerprint density at radius 3 is 2.68 bits per heavy atom. The topological polar surface area (TPSA) is 69.6 Å². The summed E-state index contributed by atoms with van der Waals surface area (Å²) >= 11 is 3.02. The zero-order valence-electron chi connectivity index (χ0n) is 10.3. The normalized spacial score (nSPS) is 10.1. The molecule has 0 bridgehead atoms. The summed E-state index contributed by atoms with van der Waals surface area (Å²) in [6.45, 7) is 2.22. The highest BCUT2D eigenvalue weighted by atomic mass is 79.9. The number of hydrogen-bond donors (Lipinski definition) is 2. The molecule has 104 valence electrons. The van der Waals surface area contributed by atoms with Crippen molar-refractivity contribution in [1.29, 1.82) is 0 Å². The van der Waals surface area contributed by atoms with E-state index in [9.17, 15) is 14.0 Å². The van der Waals surface area contributed by atoms with Crippen molar-refractivity contribution in [1.82, 2.24) is 4.90 Å². The number of halogens is 2. The highest BCUT2D eigenvalue weighted by molar-refractivity contribution is 9.10. The summed E-state index contributed by atoms with van der Waals surface area (Å²) in [4.78, 5) is 23.7. The standard InChI is InChI=1S/C12H14BrFN2O3/c1-2-16(6-5-11(17)18)12(19)15-8-3-4-9(13)10(14)7-8/h3-4,7H,2,5-6H2,1H3,(H,15,19)(H,17,18). The second-order valence-electron chi connectivity index (χ2n) is 3.78. The van der Waals surface area contributed by atoms with Gasteiger partial charge < -0.3 is 15.3 Å². The molecule has 0 radical (unpaired) electrons. The predicted octanol–water partition coefficient (Wildman–Crippen LogP) is 2.92. The third-order valence-corrected chi connectivity index (χ3v) is 3.08. The number of carbonyl (C=O) groups excluding carboxylic acids is 1. The summed E-state index contributed by atoms with van der Waals surface area (Å²) in [7, 11) is 0. The Morgan fingerprint density at radius 2 is 2.16 bits per heavy atom. The second kappa shape index (κ2) is 7.08. The zero-order chi connectivity index (χ0) is 14.4. The first-order chi connectivity index (χ1) is 8.93. The lowest BCUT2D eigenvalue weighted by molar-refractivity contribution is -0.137. The van der Waals surface area contributed by atoms with E-state index in [2.05, 4.69) is 21.2 Å². The lowest BCUT2D eigenvalue weighted by atomic mass is 10.3. The maximum atomic E-state index is 13.3. The Kier molecular flexibility index (Phi) is 5.75. The SMILES string of the molecule is CCN(CCC(=O)O)C(=O)Nc1ccc(Br)c(F)c1. The van der Waals surface area contributed by atoms with Crippen LogP contribution in [0.4, 0.5) is 14.9 Å². The second-order valence-corrected chi connectivity index (χ2v) is 4.64. The van der Waals surface area contributed by atoms with E-state index in [1.54, 1.807) is 13.0 Å². The summed E-state index contributed by atoms with van der Waals surface area (Å²) in [6, 6.07) is 3.77. The molecule has 0 aliphatic carbocycles. The number of urea groups is 1. The van der Waals surface area contributed by atoms with E-state index in [1.807, 2.05) is 0 Å². The molecule has 2 N–H and O–H groups in total. The molecule has 0 aliphatic rings. The summed E-state index contributed by atoms with van der Waals surface area (Å²) < 4.78 is 13.6. The number of rotatable bonds is 5. The fourth-order valence-electron chi connectivity index (χ4n) is 1.41. The first-order valence-electron chi connectivity index (χ1n) is 5.66. The maximum Gasteiger partial charge on any atom is 0.321 e. The van der Waals surface area contributed by atoms with Crippen molar-refractivity contribution in [2.45, 2.75) is 13.3 Å². The molecule has 1 rings (SSSR count). The van der Waals surface area contributed by atoms with Crippen LogP contribution in [-0.2, 0) is 4.79 Å². The van der Waals surface area contributed by atoms with E-state index in [1.165, 1.54) is 17.0 Å². The highest BCUT2D eigenvalue weighted by Gasteiger charge is 2.13. The van der Waals surface area contributed by atoms with Crippen molar-refractivity contribution in [3.05, 3.63) is 28.5 Å². The van der Waals surface area contributed by atoms with Gasteiger partial charge in [-0.05, 0) is 41.1 Å². The number of hydrogen-bond acceptors (Lipinski definition) is 2. The Bertz CT molecular complexity index is 482. The van der Waals surface area contributed by atoms with Crippen LogP contribution in [0.25, 0.3) is 0 Å². The predicted molar refractivity (Wildman–Crippen MR) is 72.6 cm³/mol. The van der Waals surface area contributed by atoms with Gasteiger partial charge in [-0.15, -0.1) is 0 Å². The van der Waals surface area contributed by atoms with Gasteiger partial charge in [0.2, 0.25) is 0 Å². The van der Waals surface area contributed by atoms with Gasteiger partial charge in [0.15, 0.2) is 0 Å². The van der Waals surface area contributed by atoms with Gasteiger partial charge in [0.1, 0.15) is 5.82 Å². The van der Waals surface area contributed by atoms with Crippen LogP contribution in [0.1, 0.15) is 13.3 Å². The van der Waals surface area contributed by atoms with Crippen LogP contribution < -0.4 is 5.32 Å². The number of aliphatic carboxylic acids is 1. The van der Waals surface area contributed by atoms with Crippen LogP contribution in [0, 0.1) is 5.82 Å². The number of benzene rings is 1. The first kappa shape index (κ1) is 15.4. The van der Waals surface area contributed by atoms with Crippen molar-refractivity contribution in [2.24, 2.45) is 0 Å². The molecule has 0 spiro atoms. The minimum Gasteiger partial charge on any atom is -0.481 e. The van der Waals surface area contributed by atoms with Crippen LogP contribution >= 0.6 is 15.9 Å². The molecular weight excluding hydrogens is 319 g/mol. The van der Waals surface area contributed by atoms with E-state index in [0.717, 1.165) is 0 Å². The lowest BCUT2D eigenvalue weighted by Crippen LogP contribution is -2.36. The number of carboxylic acids is 1. The van der Waals surface area contributed by atoms with E-state index < -0.39 is 17.8 Å². The van der Waals surface area contributed by atoms with Gasteiger partial charge in [-0.3, -0.25) is 4.79 Å². The van der Waals surface area contributed by atoms with Crippen LogP contribution in [-0.4, -0.2) is 35.1 Å². The van der Waals surface area contributed by atoms with E-state index in [-0.39, 0.29) is 13.0 Å². The quantitative estimate of drug-likeness (QED) is 0.870. The van der Waals surface area contributed by atoms with Crippen molar-refractivity contribution in [2.75, 3.05) is 18.4 Å². The lowest BCUT2D eigenvalue weighted by Gasteiger charge is -2.20. The smallest absolute Gasteiger partial charge is 0.321 e. The van der Waals surface area contributed by atoms with E-state index in [4.69, 9.17) is 5.11 Å². The van der Waals surface area contributed by atoms with E-state index in [0.29, 0.717) is 16.7 Å². The summed E-state index contributed by atoms with van der Waals surface area (Å²) in [5, 5.41) is 11.1. The van der Waals surface area contributed by atoms with Crippen molar-refractivity contribution in [3.63, 3.8) is 0 Å². The summed E-state index contributed by atoms with van der Waals surface area (Å²) in [6.07, 6.45) is -0.129. The van der Waals surface area contributed by atoms with Crippen LogP contribution in [0.5, 0.6) is 0 Å². The van der Waals surface area contributed by atoms with Gasteiger partial charge >= 0.3 is 12.0 Å². The molecule has 0 aromatic heterocycles. The molecule has 0 heterocycles. The Labute approximate surface area is 118 Å². The third kappa shape index (κ3) is 4.86. The molecule has 2 amide bonds. The molecule has 0 atom stereocenters. The van der Waals surface area contributed by atoms with Crippen molar-refractivity contribution >= 4 is 33.6 Å². The molecule has 1 aromatic rings. The average molecular weight is 333 g/mol. The van der Waals surface area contributed by atoms with Crippen molar-refractivity contribution in [3.8, 4) is 0 Å². The number of nitrogens with one attached hydrogen (secondary N) is 1. The fraction of sp³-hybridized carbons (Fsp3) is 0.333. The Balaban J connectivity index is 2.65. The number of carbonyl (C=O) groups is 2. The minimum atomic E-state index is -0.971. The molecule has 0 saturated heterocycles. The fourth-order valence-corrected chi connectivity index (χ4v) is 1.66. The molecule has 19 heavy (non-hydrogen) atoms. The van der Waals surface area contributed by atoms with Gasteiger partial charge in [0.05, 0.1) is 10.9 Å². The molecular formula is C12H14BrFN2O3. The largest absolute Gasteiger partial charge is 0.481 e. The van der Waals surface area contributed by atoms with Gasteiger partial charge in [0, 0.05) is 18.8 Å². The maximum absolute atomic E-state index is 13.3. The molecule has 0 fully saturated rings. The van der Waals surface area contributed by atoms with Gasteiger partial charge in [0.25, 0.3) is 0 Å². The Morgan fingerprint density at radius 1 is 1.47 bits per heavy atom. The summed E-state index contributed by atoms with van der Waals surface area (Å²) in [5.41, 5.74) is 0.319. The molecule has 5 nitrogen and oxygen atoms in total. The van der Waals surface area contributed by atoms with Crippen LogP contribution in [0.3, 0.4) is 0 Å². The number of carboxylic acid groups (broad SMARTS) is 1. The number of anilines is 1. The minimum absolute atomic E-state index is 0.108. The van der Waals surface area contributed by atoms with Gasteiger partial charge in [-0.25, -0.2) is 9.18 Å². The van der Waals surface area contributed by atoms with Gasteiger partial charge in [-0.1, -0.05) is 0 Å². The molecule has 1 aromatic carbocycles. The number of amides is 2. The zero-order valence-corrected chi connectivity index (χ0v) is 11.9. The van der Waals surface area contributed by atoms with Crippen LogP contribution in [0.15, 0.2) is 22.7 Å². The molecule has 0 saturated carbocycles. The van der Waals surface area contributed by atoms with Crippen molar-refractivity contribution < 1.29 is 19.1 Å². The highest BCUT2D eigenvalue weighted by Crippen LogP contribution is 2.19. The molecule has 0 aliphatic heterocycles. The molecule has 0 unspecified atom stereocenters. The Hall–Kier alpha value is -1.63. The first-order valence-corrected chi connectivity index (χ1v) is 6.46. The van der Waals surface area contributed by atoms with Gasteiger partial charge in [-0.2, -0.15) is 0 Å².